The first-order valence-corrected chi connectivity index (χ1v) is 18.8. The Morgan fingerprint density at radius 2 is 1.73 bits per heavy atom. The Labute approximate surface area is 304 Å². The zero-order chi connectivity index (χ0) is 36.3. The fourth-order valence-corrected chi connectivity index (χ4v) is 7.38. The number of nitrogens with one attached hydrogen (secondary N) is 2. The van der Waals surface area contributed by atoms with E-state index in [1.807, 2.05) is 24.3 Å². The van der Waals surface area contributed by atoms with Crippen molar-refractivity contribution in [1.82, 2.24) is 15.2 Å². The van der Waals surface area contributed by atoms with Crippen LogP contribution in [0.1, 0.15) is 75.0 Å². The molecule has 11 heteroatoms. The molecule has 4 N–H and O–H groups in total. The number of nitrogens with zero attached hydrogens (tertiary/aromatic N) is 2. The van der Waals surface area contributed by atoms with Crippen molar-refractivity contribution < 1.29 is 28.9 Å². The van der Waals surface area contributed by atoms with Gasteiger partial charge < -0.3 is 30.0 Å². The predicted molar refractivity (Wildman–Crippen MR) is 200 cm³/mol. The largest absolute Gasteiger partial charge is 0.506 e. The third kappa shape index (κ3) is 10.1. The van der Waals surface area contributed by atoms with Gasteiger partial charge in [-0.05, 0) is 105 Å². The van der Waals surface area contributed by atoms with Gasteiger partial charge in [0.25, 0.3) is 0 Å². The zero-order valence-corrected chi connectivity index (χ0v) is 29.8. The van der Waals surface area contributed by atoms with Crippen LogP contribution in [0.25, 0.3) is 10.9 Å². The van der Waals surface area contributed by atoms with Gasteiger partial charge in [-0.3, -0.25) is 14.6 Å². The number of pyridine rings is 1. The summed E-state index contributed by atoms with van der Waals surface area (Å²) in [6.07, 6.45) is 8.32. The van der Waals surface area contributed by atoms with E-state index in [-0.39, 0.29) is 24.0 Å². The minimum atomic E-state index is -0.753. The van der Waals surface area contributed by atoms with Crippen LogP contribution in [0.4, 0.5) is 14.9 Å². The molecule has 10 nitrogen and oxygen atoms in total. The molecule has 52 heavy (non-hydrogen) atoms. The SMILES string of the molecule is O=C(O[C@H]1CN2CCC1CC2)N(Cc1cccc(OCCCCCCCCCNC[C@H](O)c2ccc(O)c3[nH]c(=O)ccc23)c1)c1cccc(F)c1. The fourth-order valence-electron chi connectivity index (χ4n) is 7.38. The molecule has 4 heterocycles. The molecule has 0 radical (unpaired) electrons. The summed E-state index contributed by atoms with van der Waals surface area (Å²) in [6, 6.07) is 20.0. The molecule has 3 aliphatic heterocycles. The van der Waals surface area contributed by atoms with Crippen molar-refractivity contribution >= 4 is 22.7 Å². The molecule has 7 rings (SSSR count). The van der Waals surface area contributed by atoms with E-state index in [2.05, 4.69) is 15.2 Å². The molecular formula is C41H51FN4O6. The number of aromatic amines is 1. The summed E-state index contributed by atoms with van der Waals surface area (Å²) in [5.74, 6) is 0.707. The van der Waals surface area contributed by atoms with Gasteiger partial charge in [0.15, 0.2) is 0 Å². The van der Waals surface area contributed by atoms with Gasteiger partial charge in [-0.2, -0.15) is 0 Å². The van der Waals surface area contributed by atoms with E-state index in [9.17, 15) is 24.2 Å². The highest BCUT2D eigenvalue weighted by molar-refractivity contribution is 5.88. The van der Waals surface area contributed by atoms with Gasteiger partial charge in [-0.15, -0.1) is 0 Å². The molecule has 3 aliphatic rings. The molecule has 0 unspecified atom stereocenters. The smallest absolute Gasteiger partial charge is 0.414 e. The van der Waals surface area contributed by atoms with Crippen LogP contribution in [0.15, 0.2) is 77.6 Å². The number of ether oxygens (including phenoxy) is 2. The van der Waals surface area contributed by atoms with E-state index in [1.54, 1.807) is 24.3 Å². The van der Waals surface area contributed by atoms with Crippen LogP contribution < -0.4 is 20.5 Å². The second-order valence-corrected chi connectivity index (χ2v) is 14.1. The fraction of sp³-hybridized carbons (Fsp3) is 0.463. The molecular weight excluding hydrogens is 663 g/mol. The minimum Gasteiger partial charge on any atom is -0.506 e. The number of hydrogen-bond donors (Lipinski definition) is 4. The van der Waals surface area contributed by atoms with E-state index < -0.39 is 18.0 Å². The summed E-state index contributed by atoms with van der Waals surface area (Å²) in [7, 11) is 0. The number of benzene rings is 3. The number of hydrogen-bond acceptors (Lipinski definition) is 8. The summed E-state index contributed by atoms with van der Waals surface area (Å²) >= 11 is 0. The maximum atomic E-state index is 14.2. The number of carbonyl (C=O) groups is 1. The molecule has 1 amide bonds. The van der Waals surface area contributed by atoms with Crippen LogP contribution in [0.3, 0.4) is 0 Å². The van der Waals surface area contributed by atoms with Crippen molar-refractivity contribution in [3.63, 3.8) is 0 Å². The highest BCUT2D eigenvalue weighted by atomic mass is 19.1. The minimum absolute atomic E-state index is 0.0168. The maximum Gasteiger partial charge on any atom is 0.414 e. The number of aromatic nitrogens is 1. The van der Waals surface area contributed by atoms with Gasteiger partial charge >= 0.3 is 6.09 Å². The van der Waals surface area contributed by atoms with Crippen LogP contribution in [0.5, 0.6) is 11.5 Å². The number of piperidine rings is 3. The third-order valence-electron chi connectivity index (χ3n) is 10.3. The highest BCUT2D eigenvalue weighted by Gasteiger charge is 2.37. The van der Waals surface area contributed by atoms with Gasteiger partial charge in [0.1, 0.15) is 23.4 Å². The maximum absolute atomic E-state index is 14.2. The lowest BCUT2D eigenvalue weighted by atomic mass is 9.86. The molecule has 4 aromatic rings. The van der Waals surface area contributed by atoms with Crippen molar-refractivity contribution in [1.29, 1.82) is 0 Å². The Kier molecular flexibility index (Phi) is 13.2. The Bertz CT molecular complexity index is 1830. The molecule has 278 valence electrons. The van der Waals surface area contributed by atoms with Crippen molar-refractivity contribution in [2.24, 2.45) is 5.92 Å². The number of halogens is 1. The molecule has 2 atom stereocenters. The molecule has 0 spiro atoms. The molecule has 3 saturated heterocycles. The second kappa shape index (κ2) is 18.3. The summed E-state index contributed by atoms with van der Waals surface area (Å²) in [5, 5.41) is 24.7. The van der Waals surface area contributed by atoms with Crippen molar-refractivity contribution in [3.8, 4) is 11.5 Å². The number of aromatic hydroxyl groups is 1. The first-order valence-electron chi connectivity index (χ1n) is 18.8. The summed E-state index contributed by atoms with van der Waals surface area (Å²) in [5.41, 5.74) is 2.05. The lowest BCUT2D eigenvalue weighted by molar-refractivity contribution is -0.0311. The first kappa shape index (κ1) is 37.3. The number of fused-ring (bicyclic) bond motifs is 4. The lowest BCUT2D eigenvalue weighted by Crippen LogP contribution is -2.53. The highest BCUT2D eigenvalue weighted by Crippen LogP contribution is 2.31. The Hall–Kier alpha value is -4.45. The molecule has 3 aromatic carbocycles. The van der Waals surface area contributed by atoms with Crippen LogP contribution in [-0.4, -0.2) is 71.6 Å². The number of aliphatic hydroxyl groups excluding tert-OH is 1. The van der Waals surface area contributed by atoms with Crippen molar-refractivity contribution in [2.75, 3.05) is 44.2 Å². The van der Waals surface area contributed by atoms with Crippen molar-refractivity contribution in [2.45, 2.75) is 76.5 Å². The average Bonchev–Trinajstić information content (AvgIpc) is 3.15. The quantitative estimate of drug-likeness (QED) is 0.0809. The first-order chi connectivity index (χ1) is 25.3. The molecule has 2 bridgehead atoms. The van der Waals surface area contributed by atoms with Gasteiger partial charge in [-0.1, -0.05) is 56.4 Å². The van der Waals surface area contributed by atoms with Gasteiger partial charge in [0, 0.05) is 24.5 Å². The summed E-state index contributed by atoms with van der Waals surface area (Å²) in [4.78, 5) is 31.6. The van der Waals surface area contributed by atoms with Crippen LogP contribution in [0, 0.1) is 11.7 Å². The Morgan fingerprint density at radius 3 is 2.50 bits per heavy atom. The molecule has 0 saturated carbocycles. The van der Waals surface area contributed by atoms with E-state index in [0.717, 1.165) is 95.3 Å². The number of rotatable bonds is 18. The molecule has 3 fully saturated rings. The zero-order valence-electron chi connectivity index (χ0n) is 29.8. The number of phenolic OH excluding ortho intramolecular Hbond substituents is 1. The number of anilines is 1. The van der Waals surface area contributed by atoms with Gasteiger partial charge in [0.2, 0.25) is 5.56 Å². The van der Waals surface area contributed by atoms with Crippen LogP contribution in [-0.2, 0) is 11.3 Å². The summed E-state index contributed by atoms with van der Waals surface area (Å²) in [6.45, 7) is 4.92. The summed E-state index contributed by atoms with van der Waals surface area (Å²) < 4.78 is 26.3. The standard InChI is InChI=1S/C41H51FN4O6/c42-31-11-9-12-32(25-31)46(41(50)52-38-28-45-21-18-30(38)19-22-45)27-29-10-8-13-33(24-29)51-23-7-5-3-1-2-4-6-20-43-26-37(48)34-14-16-36(47)40-35(34)15-17-39(49)44-40/h8-17,24-25,30,37-38,43,47-48H,1-7,18-23,26-28H2,(H,44,49)/t37-,38-/m0/s1. The topological polar surface area (TPSA) is 127 Å². The number of unbranched alkanes of at least 4 members (excludes halogenated alkanes) is 6. The van der Waals surface area contributed by atoms with E-state index in [4.69, 9.17) is 9.47 Å². The lowest BCUT2D eigenvalue weighted by Gasteiger charge is -2.44. The van der Waals surface area contributed by atoms with Gasteiger partial charge in [0.05, 0.1) is 30.5 Å². The van der Waals surface area contributed by atoms with Crippen molar-refractivity contribution in [3.05, 3.63) is 100 Å². The van der Waals surface area contributed by atoms with Crippen LogP contribution >= 0.6 is 0 Å². The number of carbonyl (C=O) groups excluding carboxylic acids is 1. The van der Waals surface area contributed by atoms with E-state index >= 15 is 0 Å². The second-order valence-electron chi connectivity index (χ2n) is 14.1. The Morgan fingerprint density at radius 1 is 0.962 bits per heavy atom. The monoisotopic (exact) mass is 714 g/mol. The van der Waals surface area contributed by atoms with Gasteiger partial charge in [-0.25, -0.2) is 9.18 Å². The normalized spacial score (nSPS) is 18.7. The predicted octanol–water partition coefficient (Wildman–Crippen LogP) is 7.04. The number of H-pyrrole nitrogens is 1. The third-order valence-corrected chi connectivity index (χ3v) is 10.3. The number of aliphatic hydroxyl groups is 1. The van der Waals surface area contributed by atoms with E-state index in [1.165, 1.54) is 29.2 Å². The van der Waals surface area contributed by atoms with E-state index in [0.29, 0.717) is 41.2 Å². The molecule has 0 aliphatic carbocycles. The number of phenols is 1. The average molecular weight is 715 g/mol. The molecule has 1 aromatic heterocycles. The number of amides is 1. The Balaban J connectivity index is 0.863. The van der Waals surface area contributed by atoms with Crippen LogP contribution in [0.2, 0.25) is 0 Å².